The van der Waals surface area contributed by atoms with Gasteiger partial charge in [0.15, 0.2) is 0 Å². The third-order valence-corrected chi connectivity index (χ3v) is 9.48. The number of unbranched alkanes of at least 4 members (excludes halogenated alkanes) is 1. The van der Waals surface area contributed by atoms with Gasteiger partial charge in [-0.3, -0.25) is 13.7 Å². The Labute approximate surface area is 281 Å². The molecular formula is C38H46N4O4S. The number of aryl methyl sites for hydroxylation is 1. The summed E-state index contributed by atoms with van der Waals surface area (Å²) in [6, 6.07) is 23.8. The zero-order chi connectivity index (χ0) is 33.2. The predicted octanol–water partition coefficient (Wildman–Crippen LogP) is 7.48. The maximum absolute atomic E-state index is 13.6. The van der Waals surface area contributed by atoms with Gasteiger partial charge in [0.2, 0.25) is 0 Å². The van der Waals surface area contributed by atoms with Crippen molar-refractivity contribution in [2.45, 2.75) is 50.7 Å². The molecule has 0 radical (unpaired) electrons. The number of hydrogen-bond donors (Lipinski definition) is 1. The third-order valence-electron chi connectivity index (χ3n) is 8.13. The van der Waals surface area contributed by atoms with Gasteiger partial charge in [-0.15, -0.1) is 0 Å². The second-order valence-electron chi connectivity index (χ2n) is 12.3. The number of benzene rings is 3. The third kappa shape index (κ3) is 9.42. The van der Waals surface area contributed by atoms with Crippen LogP contribution in [0.15, 0.2) is 89.5 Å². The summed E-state index contributed by atoms with van der Waals surface area (Å²) in [4.78, 5) is 16.7. The molecule has 47 heavy (non-hydrogen) atoms. The summed E-state index contributed by atoms with van der Waals surface area (Å²) < 4.78 is 26.1. The Morgan fingerprint density at radius 2 is 1.74 bits per heavy atom. The van der Waals surface area contributed by atoms with Gasteiger partial charge in [-0.25, -0.2) is 0 Å². The van der Waals surface area contributed by atoms with Crippen LogP contribution in [-0.2, 0) is 33.1 Å². The number of carbonyl (C=O) groups is 1. The van der Waals surface area contributed by atoms with E-state index in [0.717, 1.165) is 71.9 Å². The van der Waals surface area contributed by atoms with Crippen molar-refractivity contribution < 1.29 is 18.5 Å². The molecule has 0 saturated heterocycles. The monoisotopic (exact) mass is 654 g/mol. The molecule has 2 heterocycles. The minimum atomic E-state index is -1.21. The Morgan fingerprint density at radius 1 is 0.979 bits per heavy atom. The highest BCUT2D eigenvalue weighted by atomic mass is 32.2. The number of hydrogen-bond acceptors (Lipinski definition) is 6. The quantitative estimate of drug-likeness (QED) is 0.134. The van der Waals surface area contributed by atoms with Gasteiger partial charge in [0, 0.05) is 54.8 Å². The number of fused-ring (bicyclic) bond motifs is 1. The molecule has 9 heteroatoms. The molecule has 8 nitrogen and oxygen atoms in total. The van der Waals surface area contributed by atoms with Crippen LogP contribution in [0.5, 0.6) is 5.75 Å². The van der Waals surface area contributed by atoms with Crippen LogP contribution >= 0.6 is 0 Å². The summed E-state index contributed by atoms with van der Waals surface area (Å²) in [5.41, 5.74) is 6.62. The molecule has 1 aliphatic heterocycles. The van der Waals surface area contributed by atoms with E-state index in [1.54, 1.807) is 10.9 Å². The van der Waals surface area contributed by atoms with Crippen LogP contribution < -0.4 is 15.0 Å². The van der Waals surface area contributed by atoms with Crippen LogP contribution in [0.2, 0.25) is 0 Å². The Balaban J connectivity index is 1.29. The van der Waals surface area contributed by atoms with E-state index in [9.17, 15) is 9.00 Å². The summed E-state index contributed by atoms with van der Waals surface area (Å²) in [6.07, 6.45) is 6.55. The molecule has 248 valence electrons. The molecule has 0 spiro atoms. The first-order valence-corrected chi connectivity index (χ1v) is 17.8. The van der Waals surface area contributed by atoms with Crippen molar-refractivity contribution in [2.75, 3.05) is 43.1 Å². The fraction of sp³-hybridized carbons (Fsp3) is 0.368. The number of rotatable bonds is 15. The lowest BCUT2D eigenvalue weighted by Gasteiger charge is -2.27. The number of nitrogens with zero attached hydrogens (tertiary/aromatic N) is 3. The van der Waals surface area contributed by atoms with E-state index in [1.807, 2.05) is 55.6 Å². The minimum absolute atomic E-state index is 0.128. The number of carbonyl (C=O) groups excluding carboxylic acids is 1. The van der Waals surface area contributed by atoms with Crippen LogP contribution in [0, 0.1) is 5.92 Å². The molecule has 1 unspecified atom stereocenters. The fourth-order valence-electron chi connectivity index (χ4n) is 5.56. The molecule has 4 aromatic rings. The Hall–Kier alpha value is -4.21. The van der Waals surface area contributed by atoms with E-state index in [-0.39, 0.29) is 5.91 Å². The SMILES string of the molecule is CCCCOCCOc1ccc(-c2ccc3c(c2)C=C(C(=O)Nc2ccc(S(=O)Cc4ccnn4C)cc2)CCN3CC(C)C)cc1. The van der Waals surface area contributed by atoms with E-state index >= 15 is 0 Å². The summed E-state index contributed by atoms with van der Waals surface area (Å²) >= 11 is 0. The van der Waals surface area contributed by atoms with Crippen molar-refractivity contribution in [3.8, 4) is 16.9 Å². The van der Waals surface area contributed by atoms with Crippen LogP contribution in [-0.4, -0.2) is 52.8 Å². The van der Waals surface area contributed by atoms with Crippen LogP contribution in [0.3, 0.4) is 0 Å². The molecule has 3 aromatic carbocycles. The number of nitrogens with one attached hydrogen (secondary N) is 1. The molecule has 0 fully saturated rings. The van der Waals surface area contributed by atoms with Crippen LogP contribution in [0.4, 0.5) is 11.4 Å². The van der Waals surface area contributed by atoms with Gasteiger partial charge in [0.25, 0.3) is 5.91 Å². The lowest BCUT2D eigenvalue weighted by Crippen LogP contribution is -2.29. The summed E-state index contributed by atoms with van der Waals surface area (Å²) in [5.74, 6) is 1.55. The fourth-order valence-corrected chi connectivity index (χ4v) is 6.71. The van der Waals surface area contributed by atoms with Crippen molar-refractivity contribution >= 4 is 34.2 Å². The van der Waals surface area contributed by atoms with Crippen molar-refractivity contribution in [3.05, 3.63) is 95.8 Å². The maximum Gasteiger partial charge on any atom is 0.251 e. The highest BCUT2D eigenvalue weighted by Gasteiger charge is 2.21. The number of ether oxygens (including phenoxy) is 2. The summed E-state index contributed by atoms with van der Waals surface area (Å²) in [5, 5.41) is 7.22. The molecule has 0 bridgehead atoms. The van der Waals surface area contributed by atoms with E-state index < -0.39 is 10.8 Å². The maximum atomic E-state index is 13.6. The Morgan fingerprint density at radius 3 is 2.45 bits per heavy atom. The normalized spacial score (nSPS) is 13.6. The summed E-state index contributed by atoms with van der Waals surface area (Å²) in [7, 11) is 0.632. The standard InChI is InChI=1S/C38H46N4O4S/c1-5-6-21-45-22-23-46-35-12-7-29(8-13-35)30-9-16-37-32(24-30)25-31(18-20-42(37)26-28(2)3)38(43)40-33-10-14-36(15-11-33)47(44)27-34-17-19-39-41(34)4/h7-17,19,24-25,28H,5-6,18,20-23,26-27H2,1-4H3,(H,40,43). The zero-order valence-electron chi connectivity index (χ0n) is 27.9. The lowest BCUT2D eigenvalue weighted by atomic mass is 10.00. The molecule has 1 atom stereocenters. The van der Waals surface area contributed by atoms with Crippen molar-refractivity contribution in [3.63, 3.8) is 0 Å². The van der Waals surface area contributed by atoms with Crippen LogP contribution in [0.25, 0.3) is 17.2 Å². The van der Waals surface area contributed by atoms with Crippen molar-refractivity contribution in [2.24, 2.45) is 13.0 Å². The second-order valence-corrected chi connectivity index (χ2v) is 13.7. The van der Waals surface area contributed by atoms with Gasteiger partial charge in [0.1, 0.15) is 12.4 Å². The van der Waals surface area contributed by atoms with E-state index in [0.29, 0.717) is 41.9 Å². The highest BCUT2D eigenvalue weighted by Crippen LogP contribution is 2.34. The first-order chi connectivity index (χ1) is 22.8. The summed E-state index contributed by atoms with van der Waals surface area (Å²) in [6.45, 7) is 10.1. The molecule has 1 amide bonds. The molecule has 5 rings (SSSR count). The number of anilines is 2. The predicted molar refractivity (Wildman–Crippen MR) is 191 cm³/mol. The minimum Gasteiger partial charge on any atom is -0.491 e. The first kappa shape index (κ1) is 34.1. The van der Waals surface area contributed by atoms with Crippen LogP contribution in [0.1, 0.15) is 51.3 Å². The lowest BCUT2D eigenvalue weighted by molar-refractivity contribution is -0.112. The Kier molecular flexibility index (Phi) is 12.0. The smallest absolute Gasteiger partial charge is 0.251 e. The molecular weight excluding hydrogens is 609 g/mol. The topological polar surface area (TPSA) is 85.7 Å². The van der Waals surface area contributed by atoms with E-state index in [4.69, 9.17) is 9.47 Å². The van der Waals surface area contributed by atoms with Gasteiger partial charge in [-0.2, -0.15) is 5.10 Å². The van der Waals surface area contributed by atoms with Gasteiger partial charge >= 0.3 is 0 Å². The molecule has 1 aliphatic rings. The van der Waals surface area contributed by atoms with Crippen molar-refractivity contribution in [1.29, 1.82) is 0 Å². The number of amides is 1. The van der Waals surface area contributed by atoms with Gasteiger partial charge in [-0.1, -0.05) is 45.4 Å². The van der Waals surface area contributed by atoms with Crippen molar-refractivity contribution in [1.82, 2.24) is 9.78 Å². The molecule has 1 N–H and O–H groups in total. The molecule has 1 aromatic heterocycles. The zero-order valence-corrected chi connectivity index (χ0v) is 28.7. The molecule has 0 saturated carbocycles. The van der Waals surface area contributed by atoms with Gasteiger partial charge < -0.3 is 19.7 Å². The molecule has 0 aliphatic carbocycles. The average molecular weight is 655 g/mol. The first-order valence-electron chi connectivity index (χ1n) is 16.5. The largest absolute Gasteiger partial charge is 0.491 e. The van der Waals surface area contributed by atoms with Gasteiger partial charge in [-0.05, 0) is 96.1 Å². The average Bonchev–Trinajstić information content (AvgIpc) is 3.38. The number of aromatic nitrogens is 2. The van der Waals surface area contributed by atoms with E-state index in [1.165, 1.54) is 0 Å². The van der Waals surface area contributed by atoms with E-state index in [2.05, 4.69) is 66.4 Å². The second kappa shape index (κ2) is 16.6. The Bertz CT molecular complexity index is 1680. The highest BCUT2D eigenvalue weighted by molar-refractivity contribution is 7.84. The van der Waals surface area contributed by atoms with Gasteiger partial charge in [0.05, 0.1) is 28.9 Å².